The second-order valence-corrected chi connectivity index (χ2v) is 10.2. The normalized spacial score (nSPS) is 10.4. The van der Waals surface area contributed by atoms with Crippen LogP contribution in [0.2, 0.25) is 0 Å². The molecule has 38 heavy (non-hydrogen) atoms. The van der Waals surface area contributed by atoms with Crippen molar-refractivity contribution in [3.8, 4) is 0 Å². The minimum absolute atomic E-state index is 0. The molecule has 2 amide bonds. The standard InChI is InChI=1S/C31H51N4O.2BrH/c1-3-5-7-9-11-13-15-17-23-34-25-19-21-29(27-34)32-31(36)33-30-22-20-26-35(28-30)24-18-16-14-12-10-8-6-4-2;;/h19-22,25-28H,3-18,23-24H2,1-2H3,(H-,32,33,36);2*1H/q+1;;/p-1. The number of rotatable bonds is 20. The van der Waals surface area contributed by atoms with Crippen molar-refractivity contribution in [1.82, 2.24) is 0 Å². The summed E-state index contributed by atoms with van der Waals surface area (Å²) in [7, 11) is 0. The van der Waals surface area contributed by atoms with E-state index in [1.165, 1.54) is 103 Å². The Labute approximate surface area is 253 Å². The van der Waals surface area contributed by atoms with Crippen molar-refractivity contribution >= 4 is 17.4 Å². The molecule has 0 aliphatic heterocycles. The van der Waals surface area contributed by atoms with Gasteiger partial charge in [0.05, 0.1) is 0 Å². The minimum Gasteiger partial charge on any atom is -1.00 e. The van der Waals surface area contributed by atoms with E-state index >= 15 is 0 Å². The highest BCUT2D eigenvalue weighted by Gasteiger charge is 2.09. The van der Waals surface area contributed by atoms with Gasteiger partial charge in [-0.2, -0.15) is 0 Å². The van der Waals surface area contributed by atoms with E-state index in [0.29, 0.717) is 0 Å². The van der Waals surface area contributed by atoms with Crippen LogP contribution in [0.25, 0.3) is 0 Å². The van der Waals surface area contributed by atoms with Crippen molar-refractivity contribution in [2.75, 3.05) is 10.6 Å². The Morgan fingerprint density at radius 1 is 0.579 bits per heavy atom. The molecule has 216 valence electrons. The number of urea groups is 1. The molecule has 5 nitrogen and oxygen atoms in total. The zero-order valence-electron chi connectivity index (χ0n) is 23.9. The summed E-state index contributed by atoms with van der Waals surface area (Å²) in [5.41, 5.74) is 1.63. The average molecular weight is 657 g/mol. The summed E-state index contributed by atoms with van der Waals surface area (Å²) in [5, 5.41) is 5.96. The first-order valence-electron chi connectivity index (χ1n) is 14.8. The fraction of sp³-hybridized carbons (Fsp3) is 0.645. The van der Waals surface area contributed by atoms with E-state index in [1.54, 1.807) is 0 Å². The average Bonchev–Trinajstić information content (AvgIpc) is 2.87. The maximum atomic E-state index is 12.6. The number of nitrogens with one attached hydrogen (secondary N) is 2. The number of pyridine rings is 2. The summed E-state index contributed by atoms with van der Waals surface area (Å²) in [4.78, 5) is 12.6. The molecule has 2 N–H and O–H groups in total. The number of nitrogens with zero attached hydrogens (tertiary/aromatic N) is 2. The Balaban J connectivity index is 0.00000684. The van der Waals surface area contributed by atoms with E-state index in [-0.39, 0.29) is 40.0 Å². The molecule has 0 spiro atoms. The second kappa shape index (κ2) is 24.6. The van der Waals surface area contributed by atoms with E-state index < -0.39 is 0 Å². The lowest BCUT2D eigenvalue weighted by Crippen LogP contribution is -3.00. The maximum absolute atomic E-state index is 12.6. The molecule has 2 aromatic heterocycles. The first-order valence-corrected chi connectivity index (χ1v) is 14.8. The van der Waals surface area contributed by atoms with E-state index in [9.17, 15) is 4.79 Å². The van der Waals surface area contributed by atoms with Gasteiger partial charge >= 0.3 is 6.03 Å². The van der Waals surface area contributed by atoms with E-state index in [1.807, 2.05) is 36.7 Å². The molecule has 2 rings (SSSR count). The monoisotopic (exact) mass is 654 g/mol. The number of hydrogen-bond donors (Lipinski definition) is 2. The smallest absolute Gasteiger partial charge is 0.324 e. The molecule has 0 fully saturated rings. The minimum atomic E-state index is -0.204. The number of halogens is 2. The fourth-order valence-electron chi connectivity index (χ4n) is 4.62. The van der Waals surface area contributed by atoms with Crippen molar-refractivity contribution in [2.45, 2.75) is 130 Å². The van der Waals surface area contributed by atoms with Gasteiger partial charge in [0.2, 0.25) is 0 Å². The zero-order valence-corrected chi connectivity index (χ0v) is 27.1. The molecule has 0 aliphatic rings. The van der Waals surface area contributed by atoms with Gasteiger partial charge in [-0.1, -0.05) is 90.9 Å². The Kier molecular flexibility index (Phi) is 23.6. The van der Waals surface area contributed by atoms with E-state index in [4.69, 9.17) is 0 Å². The molecule has 7 heteroatoms. The molecular formula is C31H52Br2N4O. The van der Waals surface area contributed by atoms with Crippen molar-refractivity contribution in [3.63, 3.8) is 0 Å². The summed E-state index contributed by atoms with van der Waals surface area (Å²) < 4.78 is 4.35. The van der Waals surface area contributed by atoms with Crippen LogP contribution in [0.1, 0.15) is 117 Å². The lowest BCUT2D eigenvalue weighted by Gasteiger charge is -2.07. The highest BCUT2D eigenvalue weighted by atomic mass is 79.9. The van der Waals surface area contributed by atoms with Gasteiger partial charge in [-0.25, -0.2) is 13.9 Å². The van der Waals surface area contributed by atoms with Crippen LogP contribution in [0.5, 0.6) is 0 Å². The molecule has 2 heterocycles. The molecule has 0 saturated heterocycles. The van der Waals surface area contributed by atoms with Crippen LogP contribution in [0, 0.1) is 0 Å². The Morgan fingerprint density at radius 3 is 1.29 bits per heavy atom. The van der Waals surface area contributed by atoms with E-state index in [2.05, 4.69) is 46.0 Å². The summed E-state index contributed by atoms with van der Waals surface area (Å²) in [6.07, 6.45) is 29.3. The summed E-state index contributed by atoms with van der Waals surface area (Å²) >= 11 is 0. The molecule has 0 radical (unpaired) electrons. The molecular weight excluding hydrogens is 604 g/mol. The van der Waals surface area contributed by atoms with Gasteiger partial charge in [0, 0.05) is 25.0 Å². The van der Waals surface area contributed by atoms with Gasteiger partial charge in [0.25, 0.3) is 0 Å². The number of hydrogen-bond acceptors (Lipinski definition) is 1. The van der Waals surface area contributed by atoms with Crippen LogP contribution in [-0.4, -0.2) is 6.03 Å². The highest BCUT2D eigenvalue weighted by Crippen LogP contribution is 2.10. The summed E-state index contributed by atoms with van der Waals surface area (Å²) in [6, 6.07) is 7.68. The van der Waals surface area contributed by atoms with Crippen LogP contribution in [-0.2, 0) is 13.1 Å². The molecule has 0 bridgehead atoms. The number of amides is 2. The highest BCUT2D eigenvalue weighted by molar-refractivity contribution is 5.99. The zero-order chi connectivity index (χ0) is 25.7. The number of aryl methyl sites for hydroxylation is 2. The number of aromatic nitrogens is 2. The molecule has 0 aliphatic carbocycles. The third-order valence-corrected chi connectivity index (χ3v) is 6.77. The Bertz CT molecular complexity index is 783. The number of carbonyl (C=O) groups is 1. The predicted molar refractivity (Wildman–Crippen MR) is 151 cm³/mol. The number of carbonyl (C=O) groups excluding carboxylic acids is 1. The van der Waals surface area contributed by atoms with Crippen molar-refractivity contribution in [1.29, 1.82) is 0 Å². The molecule has 0 aromatic carbocycles. The Hall–Kier alpha value is -1.47. The van der Waals surface area contributed by atoms with Crippen LogP contribution in [0.4, 0.5) is 16.2 Å². The fourth-order valence-corrected chi connectivity index (χ4v) is 4.62. The third kappa shape index (κ3) is 17.9. The lowest BCUT2D eigenvalue weighted by molar-refractivity contribution is -0.696. The van der Waals surface area contributed by atoms with Crippen LogP contribution in [0.3, 0.4) is 0 Å². The van der Waals surface area contributed by atoms with E-state index in [0.717, 1.165) is 24.5 Å². The lowest BCUT2D eigenvalue weighted by atomic mass is 10.1. The van der Waals surface area contributed by atoms with Gasteiger partial charge in [0.15, 0.2) is 24.8 Å². The predicted octanol–water partition coefficient (Wildman–Crippen LogP) is 2.20. The van der Waals surface area contributed by atoms with Gasteiger partial charge in [-0.15, -0.1) is 0 Å². The van der Waals surface area contributed by atoms with Crippen molar-refractivity contribution in [2.24, 2.45) is 0 Å². The largest absolute Gasteiger partial charge is 1.00 e. The van der Waals surface area contributed by atoms with Gasteiger partial charge in [-0.05, 0) is 25.0 Å². The SMILES string of the molecule is CCCCCCCCCC[n+]1cccc(NC(=O)Nc2ccc[n+](CCCCCCCCCC)c2)c1.[Br-].[Br-]. The van der Waals surface area contributed by atoms with Crippen molar-refractivity contribution < 1.29 is 47.9 Å². The van der Waals surface area contributed by atoms with Crippen molar-refractivity contribution in [3.05, 3.63) is 49.1 Å². The van der Waals surface area contributed by atoms with Gasteiger partial charge in [-0.3, -0.25) is 0 Å². The molecule has 0 unspecified atom stereocenters. The van der Waals surface area contributed by atoms with Crippen LogP contribution >= 0.6 is 0 Å². The summed E-state index contributed by atoms with van der Waals surface area (Å²) in [6.45, 7) is 6.51. The van der Waals surface area contributed by atoms with Crippen LogP contribution < -0.4 is 53.7 Å². The molecule has 0 saturated carbocycles. The first-order chi connectivity index (χ1) is 17.7. The second-order valence-electron chi connectivity index (χ2n) is 10.2. The Morgan fingerprint density at radius 2 is 0.921 bits per heavy atom. The van der Waals surface area contributed by atoms with Crippen LogP contribution in [0.15, 0.2) is 49.1 Å². The van der Waals surface area contributed by atoms with Gasteiger partial charge in [0.1, 0.15) is 24.5 Å². The van der Waals surface area contributed by atoms with Gasteiger partial charge < -0.3 is 44.6 Å². The topological polar surface area (TPSA) is 48.9 Å². The number of unbranched alkanes of at least 4 members (excludes halogenated alkanes) is 14. The molecule has 0 atom stereocenters. The maximum Gasteiger partial charge on any atom is 0.324 e. The third-order valence-electron chi connectivity index (χ3n) is 6.77. The quantitative estimate of drug-likeness (QED) is 0.167. The molecule has 2 aromatic rings. The number of anilines is 2. The summed E-state index contributed by atoms with van der Waals surface area (Å²) in [5.74, 6) is 0. The first kappa shape index (κ1) is 36.5.